The lowest BCUT2D eigenvalue weighted by molar-refractivity contribution is -0.139. The maximum absolute atomic E-state index is 11.6. The summed E-state index contributed by atoms with van der Waals surface area (Å²) in [6.45, 7) is -0.405. The fourth-order valence-corrected chi connectivity index (χ4v) is 1.71. The van der Waals surface area contributed by atoms with Crippen molar-refractivity contribution in [3.63, 3.8) is 0 Å². The number of anilines is 1. The van der Waals surface area contributed by atoms with Gasteiger partial charge in [-0.15, -0.1) is 0 Å². The third kappa shape index (κ3) is 4.17. The third-order valence-electron chi connectivity index (χ3n) is 2.89. The van der Waals surface area contributed by atoms with Crippen LogP contribution >= 0.6 is 0 Å². The number of carboxylic acid groups (broad SMARTS) is 1. The number of rotatable bonds is 5. The second-order valence-electron chi connectivity index (χ2n) is 4.44. The molecule has 1 saturated carbocycles. The number of carboxylic acids is 1. The average molecular weight is 264 g/mol. The Morgan fingerprint density at radius 3 is 2.79 bits per heavy atom. The van der Waals surface area contributed by atoms with Gasteiger partial charge < -0.3 is 20.5 Å². The zero-order valence-electron chi connectivity index (χ0n) is 10.4. The van der Waals surface area contributed by atoms with Gasteiger partial charge in [-0.25, -0.2) is 9.59 Å². The third-order valence-corrected chi connectivity index (χ3v) is 2.89. The normalized spacial score (nSPS) is 14.3. The fraction of sp³-hybridized carbons (Fsp3) is 0.385. The summed E-state index contributed by atoms with van der Waals surface area (Å²) < 4.78 is 5.03. The van der Waals surface area contributed by atoms with E-state index >= 15 is 0 Å². The number of carbonyl (C=O) groups excluding carboxylic acids is 1. The molecule has 6 heteroatoms. The highest BCUT2D eigenvalue weighted by molar-refractivity contribution is 5.89. The topological polar surface area (TPSA) is 87.7 Å². The van der Waals surface area contributed by atoms with Gasteiger partial charge in [0, 0.05) is 17.8 Å². The van der Waals surface area contributed by atoms with Crippen LogP contribution in [0.15, 0.2) is 24.3 Å². The van der Waals surface area contributed by atoms with Crippen LogP contribution in [0.25, 0.3) is 0 Å². The maximum atomic E-state index is 11.6. The van der Waals surface area contributed by atoms with E-state index in [4.69, 9.17) is 9.84 Å². The molecule has 0 spiro atoms. The Balaban J connectivity index is 1.86. The lowest BCUT2D eigenvalue weighted by Gasteiger charge is -2.26. The van der Waals surface area contributed by atoms with Crippen molar-refractivity contribution in [2.24, 2.45) is 0 Å². The Kier molecular flexibility index (Phi) is 4.22. The number of aliphatic carboxylic acids is 1. The van der Waals surface area contributed by atoms with Crippen LogP contribution in [0.4, 0.5) is 10.5 Å². The predicted molar refractivity (Wildman–Crippen MR) is 69.4 cm³/mol. The molecule has 0 bridgehead atoms. The minimum Gasteiger partial charge on any atom is -0.482 e. The first kappa shape index (κ1) is 13.2. The molecule has 19 heavy (non-hydrogen) atoms. The summed E-state index contributed by atoms with van der Waals surface area (Å²) in [4.78, 5) is 22.0. The zero-order chi connectivity index (χ0) is 13.7. The molecule has 0 radical (unpaired) electrons. The van der Waals surface area contributed by atoms with E-state index in [1.165, 1.54) is 0 Å². The molecule has 1 fully saturated rings. The van der Waals surface area contributed by atoms with E-state index in [0.717, 1.165) is 19.3 Å². The van der Waals surface area contributed by atoms with Crippen molar-refractivity contribution in [1.82, 2.24) is 5.32 Å². The van der Waals surface area contributed by atoms with Gasteiger partial charge in [0.1, 0.15) is 5.75 Å². The van der Waals surface area contributed by atoms with Gasteiger partial charge in [0.15, 0.2) is 6.61 Å². The number of nitrogens with one attached hydrogen (secondary N) is 2. The molecule has 2 amide bonds. The highest BCUT2D eigenvalue weighted by Gasteiger charge is 2.19. The van der Waals surface area contributed by atoms with Crippen molar-refractivity contribution in [3.05, 3.63) is 24.3 Å². The van der Waals surface area contributed by atoms with E-state index in [0.29, 0.717) is 11.4 Å². The van der Waals surface area contributed by atoms with E-state index < -0.39 is 12.6 Å². The zero-order valence-corrected chi connectivity index (χ0v) is 10.4. The van der Waals surface area contributed by atoms with E-state index in [1.54, 1.807) is 24.3 Å². The molecule has 0 heterocycles. The Labute approximate surface area is 110 Å². The number of urea groups is 1. The summed E-state index contributed by atoms with van der Waals surface area (Å²) in [5.41, 5.74) is 0.569. The molecule has 1 aromatic carbocycles. The van der Waals surface area contributed by atoms with Gasteiger partial charge >= 0.3 is 12.0 Å². The monoisotopic (exact) mass is 264 g/mol. The number of hydrogen-bond acceptors (Lipinski definition) is 3. The van der Waals surface area contributed by atoms with Gasteiger partial charge in [-0.1, -0.05) is 6.07 Å². The van der Waals surface area contributed by atoms with Crippen LogP contribution in [0.3, 0.4) is 0 Å². The van der Waals surface area contributed by atoms with Crippen molar-refractivity contribution in [3.8, 4) is 5.75 Å². The summed E-state index contributed by atoms with van der Waals surface area (Å²) in [5.74, 6) is -0.634. The maximum Gasteiger partial charge on any atom is 0.341 e. The van der Waals surface area contributed by atoms with Gasteiger partial charge in [0.05, 0.1) is 0 Å². The number of amides is 2. The van der Waals surface area contributed by atoms with E-state index in [-0.39, 0.29) is 12.1 Å². The van der Waals surface area contributed by atoms with Crippen LogP contribution < -0.4 is 15.4 Å². The molecule has 6 nitrogen and oxygen atoms in total. The van der Waals surface area contributed by atoms with Crippen molar-refractivity contribution in [2.75, 3.05) is 11.9 Å². The van der Waals surface area contributed by atoms with Crippen LogP contribution in [0.5, 0.6) is 5.75 Å². The second kappa shape index (κ2) is 6.08. The van der Waals surface area contributed by atoms with Gasteiger partial charge in [0.2, 0.25) is 0 Å². The summed E-state index contributed by atoms with van der Waals surface area (Å²) >= 11 is 0. The Morgan fingerprint density at radius 2 is 2.16 bits per heavy atom. The van der Waals surface area contributed by atoms with Gasteiger partial charge in [-0.2, -0.15) is 0 Å². The number of carbonyl (C=O) groups is 2. The molecule has 1 aromatic rings. The largest absolute Gasteiger partial charge is 0.482 e. The van der Waals surface area contributed by atoms with Crippen molar-refractivity contribution in [1.29, 1.82) is 0 Å². The van der Waals surface area contributed by atoms with Crippen molar-refractivity contribution < 1.29 is 19.4 Å². The van der Waals surface area contributed by atoms with Gasteiger partial charge in [-0.3, -0.25) is 0 Å². The Bertz CT molecular complexity index is 471. The highest BCUT2D eigenvalue weighted by atomic mass is 16.5. The lowest BCUT2D eigenvalue weighted by atomic mass is 9.93. The molecule has 0 unspecified atom stereocenters. The predicted octanol–water partition coefficient (Wildman–Crippen LogP) is 1.82. The molecule has 2 rings (SSSR count). The first-order chi connectivity index (χ1) is 9.13. The molecular weight excluding hydrogens is 248 g/mol. The van der Waals surface area contributed by atoms with Crippen LogP contribution in [0.1, 0.15) is 19.3 Å². The van der Waals surface area contributed by atoms with Crippen molar-refractivity contribution in [2.45, 2.75) is 25.3 Å². The van der Waals surface area contributed by atoms with Crippen LogP contribution in [0.2, 0.25) is 0 Å². The van der Waals surface area contributed by atoms with Crippen LogP contribution in [-0.2, 0) is 4.79 Å². The van der Waals surface area contributed by atoms with Gasteiger partial charge in [-0.05, 0) is 31.4 Å². The quantitative estimate of drug-likeness (QED) is 0.757. The minimum atomic E-state index is -1.04. The van der Waals surface area contributed by atoms with E-state index in [2.05, 4.69) is 10.6 Å². The lowest BCUT2D eigenvalue weighted by Crippen LogP contribution is -2.41. The first-order valence-electron chi connectivity index (χ1n) is 6.15. The van der Waals surface area contributed by atoms with Crippen LogP contribution in [-0.4, -0.2) is 29.8 Å². The fourth-order valence-electron chi connectivity index (χ4n) is 1.71. The summed E-state index contributed by atoms with van der Waals surface area (Å²) in [6.07, 6.45) is 3.20. The highest BCUT2D eigenvalue weighted by Crippen LogP contribution is 2.19. The van der Waals surface area contributed by atoms with Crippen molar-refractivity contribution >= 4 is 17.7 Å². The molecule has 1 aliphatic carbocycles. The van der Waals surface area contributed by atoms with Crippen LogP contribution in [0, 0.1) is 0 Å². The van der Waals surface area contributed by atoms with E-state index in [1.807, 2.05) is 0 Å². The number of hydrogen-bond donors (Lipinski definition) is 3. The Morgan fingerprint density at radius 1 is 1.37 bits per heavy atom. The average Bonchev–Trinajstić information content (AvgIpc) is 2.32. The Hall–Kier alpha value is -2.24. The van der Waals surface area contributed by atoms with Gasteiger partial charge in [0.25, 0.3) is 0 Å². The molecule has 102 valence electrons. The number of ether oxygens (including phenoxy) is 1. The standard InChI is InChI=1S/C13H16N2O4/c16-12(17)8-19-11-6-2-5-10(7-11)15-13(18)14-9-3-1-4-9/h2,5-7,9H,1,3-4,8H2,(H,16,17)(H2,14,15,18). The summed E-state index contributed by atoms with van der Waals surface area (Å²) in [5, 5.41) is 14.1. The molecule has 0 saturated heterocycles. The molecule has 1 aliphatic rings. The molecule has 0 aliphatic heterocycles. The molecule has 3 N–H and O–H groups in total. The second-order valence-corrected chi connectivity index (χ2v) is 4.44. The molecule has 0 aromatic heterocycles. The summed E-state index contributed by atoms with van der Waals surface area (Å²) in [7, 11) is 0. The summed E-state index contributed by atoms with van der Waals surface area (Å²) in [6, 6.07) is 6.65. The molecular formula is C13H16N2O4. The SMILES string of the molecule is O=C(O)COc1cccc(NC(=O)NC2CCC2)c1. The number of benzene rings is 1. The minimum absolute atomic E-state index is 0.250. The van der Waals surface area contributed by atoms with E-state index in [9.17, 15) is 9.59 Å². The first-order valence-corrected chi connectivity index (χ1v) is 6.15. The smallest absolute Gasteiger partial charge is 0.341 e. The molecule has 0 atom stereocenters.